The van der Waals surface area contributed by atoms with E-state index >= 15 is 0 Å². The molecule has 1 aliphatic rings. The van der Waals surface area contributed by atoms with E-state index in [9.17, 15) is 4.79 Å². The molecule has 0 spiro atoms. The van der Waals surface area contributed by atoms with Crippen LogP contribution in [0.5, 0.6) is 5.75 Å². The smallest absolute Gasteiger partial charge is 0.234 e. The van der Waals surface area contributed by atoms with E-state index in [1.165, 1.54) is 0 Å². The zero-order chi connectivity index (χ0) is 16.5. The highest BCUT2D eigenvalue weighted by molar-refractivity contribution is 6.83. The Morgan fingerprint density at radius 2 is 1.77 bits per heavy atom. The minimum Gasteiger partial charge on any atom is -0.497 e. The van der Waals surface area contributed by atoms with Gasteiger partial charge in [0.25, 0.3) is 0 Å². The van der Waals surface area contributed by atoms with E-state index in [4.69, 9.17) is 4.74 Å². The van der Waals surface area contributed by atoms with Crippen LogP contribution in [0.2, 0.25) is 19.6 Å². The Kier molecular flexibility index (Phi) is 4.67. The molecular formula is C18H25NO2Si. The maximum Gasteiger partial charge on any atom is 0.234 e. The van der Waals surface area contributed by atoms with Crippen LogP contribution in [0.25, 0.3) is 0 Å². The zero-order valence-electron chi connectivity index (χ0n) is 14.3. The minimum atomic E-state index is -1.45. The first-order valence-corrected chi connectivity index (χ1v) is 11.2. The fourth-order valence-corrected chi connectivity index (χ4v) is 3.22. The predicted molar refractivity (Wildman–Crippen MR) is 93.7 cm³/mol. The number of hydrogen-bond acceptors (Lipinski definition) is 2. The standard InChI is InChI=1S/C18H25NO2Si/c1-13(2)17-16(11-12-22(4,5)6)19(18(17)20)14-7-9-15(21-3)10-8-14/h7-10,13,16-17H,1-6H3/t16-,17-/m1/s1. The molecule has 0 saturated carbocycles. The molecule has 2 atom stereocenters. The molecule has 1 aliphatic heterocycles. The molecule has 0 radical (unpaired) electrons. The van der Waals surface area contributed by atoms with Gasteiger partial charge >= 0.3 is 0 Å². The number of ether oxygens (including phenoxy) is 1. The van der Waals surface area contributed by atoms with Crippen LogP contribution in [-0.4, -0.2) is 27.1 Å². The van der Waals surface area contributed by atoms with E-state index in [-0.39, 0.29) is 17.9 Å². The highest BCUT2D eigenvalue weighted by Gasteiger charge is 2.48. The normalized spacial score (nSPS) is 21.2. The third-order valence-electron chi connectivity index (χ3n) is 3.80. The first-order chi connectivity index (χ1) is 10.2. The lowest BCUT2D eigenvalue weighted by Gasteiger charge is -2.46. The number of carbonyl (C=O) groups excluding carboxylic acids is 1. The Balaban J connectivity index is 2.31. The van der Waals surface area contributed by atoms with Gasteiger partial charge in [0, 0.05) is 5.69 Å². The number of methoxy groups -OCH3 is 1. The zero-order valence-corrected chi connectivity index (χ0v) is 15.3. The molecule has 2 rings (SSSR count). The molecule has 22 heavy (non-hydrogen) atoms. The van der Waals surface area contributed by atoms with E-state index in [1.54, 1.807) is 7.11 Å². The topological polar surface area (TPSA) is 29.5 Å². The lowest BCUT2D eigenvalue weighted by molar-refractivity contribution is -0.130. The van der Waals surface area contributed by atoms with Crippen molar-refractivity contribution in [3.63, 3.8) is 0 Å². The van der Waals surface area contributed by atoms with Gasteiger partial charge in [-0.3, -0.25) is 9.69 Å². The molecule has 1 saturated heterocycles. The van der Waals surface area contributed by atoms with Crippen molar-refractivity contribution in [2.24, 2.45) is 11.8 Å². The van der Waals surface area contributed by atoms with Crippen LogP contribution in [-0.2, 0) is 4.79 Å². The van der Waals surface area contributed by atoms with Gasteiger partial charge in [0.2, 0.25) is 5.91 Å². The van der Waals surface area contributed by atoms with Gasteiger partial charge in [-0.15, -0.1) is 5.54 Å². The average Bonchev–Trinajstić information content (AvgIpc) is 2.42. The van der Waals surface area contributed by atoms with Gasteiger partial charge in [0.15, 0.2) is 0 Å². The third kappa shape index (κ3) is 3.36. The first-order valence-electron chi connectivity index (χ1n) is 7.74. The van der Waals surface area contributed by atoms with Crippen LogP contribution in [0.15, 0.2) is 24.3 Å². The summed E-state index contributed by atoms with van der Waals surface area (Å²) in [6.07, 6.45) is 0. The van der Waals surface area contributed by atoms with Crippen LogP contribution in [0.1, 0.15) is 13.8 Å². The molecule has 0 unspecified atom stereocenters. The molecule has 1 fully saturated rings. The molecule has 3 nitrogen and oxygen atoms in total. The lowest BCUT2D eigenvalue weighted by Crippen LogP contribution is -2.62. The summed E-state index contributed by atoms with van der Waals surface area (Å²) >= 11 is 0. The minimum absolute atomic E-state index is 0.00551. The molecule has 1 aromatic rings. The van der Waals surface area contributed by atoms with Gasteiger partial charge in [0.1, 0.15) is 19.9 Å². The summed E-state index contributed by atoms with van der Waals surface area (Å²) in [5.74, 6) is 4.67. The maximum absolute atomic E-state index is 12.5. The van der Waals surface area contributed by atoms with Crippen molar-refractivity contribution in [2.75, 3.05) is 12.0 Å². The molecule has 4 heteroatoms. The summed E-state index contributed by atoms with van der Waals surface area (Å²) in [5.41, 5.74) is 4.32. The molecule has 1 amide bonds. The van der Waals surface area contributed by atoms with Gasteiger partial charge in [0.05, 0.1) is 13.0 Å². The molecule has 1 heterocycles. The fraction of sp³-hybridized carbons (Fsp3) is 0.500. The summed E-state index contributed by atoms with van der Waals surface area (Å²) in [7, 11) is 0.187. The Morgan fingerprint density at radius 1 is 1.18 bits per heavy atom. The maximum atomic E-state index is 12.5. The number of nitrogens with zero attached hydrogens (tertiary/aromatic N) is 1. The number of carbonyl (C=O) groups is 1. The third-order valence-corrected chi connectivity index (χ3v) is 4.70. The van der Waals surface area contributed by atoms with E-state index in [0.29, 0.717) is 5.92 Å². The molecule has 0 aromatic heterocycles. The molecule has 0 N–H and O–H groups in total. The molecule has 0 bridgehead atoms. The van der Waals surface area contributed by atoms with Crippen LogP contribution in [0.3, 0.4) is 0 Å². The molecule has 0 aliphatic carbocycles. The molecule has 1 aromatic carbocycles. The van der Waals surface area contributed by atoms with Gasteiger partial charge in [-0.05, 0) is 30.2 Å². The Morgan fingerprint density at radius 3 is 2.23 bits per heavy atom. The van der Waals surface area contributed by atoms with Gasteiger partial charge in [-0.2, -0.15) is 0 Å². The Bertz CT molecular complexity index is 605. The highest BCUT2D eigenvalue weighted by atomic mass is 28.3. The SMILES string of the molecule is COc1ccc(N2C(=O)[C@H](C(C)C)[C@H]2C#C[Si](C)(C)C)cc1. The Labute approximate surface area is 134 Å². The summed E-state index contributed by atoms with van der Waals surface area (Å²) in [4.78, 5) is 14.4. The van der Waals surface area contributed by atoms with Crippen molar-refractivity contribution in [2.45, 2.75) is 39.5 Å². The average molecular weight is 315 g/mol. The van der Waals surface area contributed by atoms with Gasteiger partial charge < -0.3 is 4.74 Å². The summed E-state index contributed by atoms with van der Waals surface area (Å²) in [6.45, 7) is 10.9. The van der Waals surface area contributed by atoms with E-state index in [0.717, 1.165) is 11.4 Å². The summed E-state index contributed by atoms with van der Waals surface area (Å²) < 4.78 is 5.18. The molecule has 118 valence electrons. The van der Waals surface area contributed by atoms with E-state index < -0.39 is 8.07 Å². The van der Waals surface area contributed by atoms with Gasteiger partial charge in [-0.25, -0.2) is 0 Å². The second-order valence-corrected chi connectivity index (χ2v) is 11.9. The van der Waals surface area contributed by atoms with Crippen LogP contribution in [0.4, 0.5) is 5.69 Å². The predicted octanol–water partition coefficient (Wildman–Crippen LogP) is 3.56. The van der Waals surface area contributed by atoms with E-state index in [2.05, 4.69) is 45.0 Å². The number of rotatable bonds is 3. The van der Waals surface area contributed by atoms with Gasteiger partial charge in [-0.1, -0.05) is 39.4 Å². The summed E-state index contributed by atoms with van der Waals surface area (Å²) in [6, 6.07) is 7.61. The summed E-state index contributed by atoms with van der Waals surface area (Å²) in [5, 5.41) is 0. The van der Waals surface area contributed by atoms with E-state index in [1.807, 2.05) is 29.2 Å². The largest absolute Gasteiger partial charge is 0.497 e. The van der Waals surface area contributed by atoms with Crippen molar-refractivity contribution in [3.05, 3.63) is 24.3 Å². The highest BCUT2D eigenvalue weighted by Crippen LogP contribution is 2.37. The number of anilines is 1. The van der Waals surface area contributed by atoms with Crippen LogP contribution < -0.4 is 9.64 Å². The van der Waals surface area contributed by atoms with Crippen LogP contribution in [0, 0.1) is 23.3 Å². The van der Waals surface area contributed by atoms with Crippen LogP contribution >= 0.6 is 0 Å². The number of benzene rings is 1. The first kappa shape index (κ1) is 16.6. The van der Waals surface area contributed by atoms with Crippen molar-refractivity contribution >= 4 is 19.7 Å². The molecular weight excluding hydrogens is 290 g/mol. The Hall–Kier alpha value is -1.73. The van der Waals surface area contributed by atoms with Crippen molar-refractivity contribution in [3.8, 4) is 17.2 Å². The quantitative estimate of drug-likeness (QED) is 0.485. The van der Waals surface area contributed by atoms with Crippen molar-refractivity contribution in [1.29, 1.82) is 0 Å². The number of β-lactam (4-membered cyclic amide) rings is 1. The van der Waals surface area contributed by atoms with Crippen molar-refractivity contribution < 1.29 is 9.53 Å². The second kappa shape index (κ2) is 6.17. The lowest BCUT2D eigenvalue weighted by atomic mass is 9.79. The number of hydrogen-bond donors (Lipinski definition) is 0. The number of amides is 1. The monoisotopic (exact) mass is 315 g/mol. The van der Waals surface area contributed by atoms with Crippen molar-refractivity contribution in [1.82, 2.24) is 0 Å². The fourth-order valence-electron chi connectivity index (χ4n) is 2.64. The second-order valence-electron chi connectivity index (χ2n) is 7.14.